The van der Waals surface area contributed by atoms with E-state index < -0.39 is 0 Å². The normalized spacial score (nSPS) is 14.0. The van der Waals surface area contributed by atoms with Gasteiger partial charge in [0.2, 0.25) is 0 Å². The number of anilines is 2. The van der Waals surface area contributed by atoms with Gasteiger partial charge < -0.3 is 14.5 Å². The van der Waals surface area contributed by atoms with Crippen molar-refractivity contribution < 1.29 is 9.53 Å². The number of carbonyl (C=O) groups excluding carboxylic acids is 1. The molecule has 0 unspecified atom stereocenters. The summed E-state index contributed by atoms with van der Waals surface area (Å²) in [6.45, 7) is 5.10. The second-order valence-corrected chi connectivity index (χ2v) is 7.08. The molecule has 0 N–H and O–H groups in total. The molecule has 2 aromatic carbocycles. The number of carbonyl (C=O) groups is 1. The Balaban J connectivity index is 1.48. The molecule has 6 nitrogen and oxygen atoms in total. The molecule has 148 valence electrons. The van der Waals surface area contributed by atoms with Gasteiger partial charge in [-0.1, -0.05) is 24.3 Å². The van der Waals surface area contributed by atoms with Crippen LogP contribution in [0.3, 0.4) is 0 Å². The highest BCUT2D eigenvalue weighted by atomic mass is 16.5. The minimum absolute atomic E-state index is 0.0460. The fraction of sp³-hybridized carbons (Fsp3) is 0.261. The number of piperazine rings is 1. The van der Waals surface area contributed by atoms with Crippen molar-refractivity contribution in [3.63, 3.8) is 0 Å². The average molecular weight is 388 g/mol. The zero-order valence-electron chi connectivity index (χ0n) is 16.7. The van der Waals surface area contributed by atoms with Crippen LogP contribution in [-0.4, -0.2) is 49.0 Å². The summed E-state index contributed by atoms with van der Waals surface area (Å²) in [5, 5.41) is 0. The number of ether oxygens (including phenoxy) is 1. The highest BCUT2D eigenvalue weighted by Gasteiger charge is 2.19. The molecule has 1 aliphatic heterocycles. The largest absolute Gasteiger partial charge is 0.497 e. The van der Waals surface area contributed by atoms with Crippen molar-refractivity contribution in [1.82, 2.24) is 9.97 Å². The van der Waals surface area contributed by atoms with E-state index in [-0.39, 0.29) is 5.78 Å². The first-order valence-corrected chi connectivity index (χ1v) is 9.71. The summed E-state index contributed by atoms with van der Waals surface area (Å²) in [7, 11) is 1.69. The maximum absolute atomic E-state index is 11.7. The van der Waals surface area contributed by atoms with Gasteiger partial charge in [0.05, 0.1) is 25.2 Å². The van der Waals surface area contributed by atoms with E-state index in [2.05, 4.69) is 26.9 Å². The minimum Gasteiger partial charge on any atom is -0.497 e. The van der Waals surface area contributed by atoms with Crippen LogP contribution in [-0.2, 0) is 0 Å². The highest BCUT2D eigenvalue weighted by Crippen LogP contribution is 2.25. The van der Waals surface area contributed by atoms with Crippen LogP contribution in [0.1, 0.15) is 17.3 Å². The smallest absolute Gasteiger partial charge is 0.159 e. The number of nitrogens with zero attached hydrogens (tertiary/aromatic N) is 4. The molecule has 1 fully saturated rings. The number of Topliss-reactive ketones (excluding diaryl/α,β-unsaturated/α-hetero) is 1. The van der Waals surface area contributed by atoms with E-state index in [1.807, 2.05) is 36.4 Å². The Bertz CT molecular complexity index is 1010. The molecule has 4 rings (SSSR count). The number of aromatic nitrogens is 2. The lowest BCUT2D eigenvalue weighted by Gasteiger charge is -2.36. The zero-order chi connectivity index (χ0) is 20.2. The van der Waals surface area contributed by atoms with Crippen LogP contribution in [0.5, 0.6) is 5.75 Å². The molecule has 0 bridgehead atoms. The summed E-state index contributed by atoms with van der Waals surface area (Å²) in [5.41, 5.74) is 3.54. The standard InChI is InChI=1S/C23H24N4O2/c1-17(28)18-5-3-6-19(13-18)22-15-24-16-23(25-22)27-11-9-26(10-12-27)20-7-4-8-21(14-20)29-2/h3-8,13-16H,9-12H2,1-2H3. The summed E-state index contributed by atoms with van der Waals surface area (Å²) in [6.07, 6.45) is 3.55. The van der Waals surface area contributed by atoms with Crippen molar-refractivity contribution in [3.8, 4) is 17.0 Å². The lowest BCUT2D eigenvalue weighted by Crippen LogP contribution is -2.46. The van der Waals surface area contributed by atoms with Gasteiger partial charge in [-0.05, 0) is 25.1 Å². The summed E-state index contributed by atoms with van der Waals surface area (Å²) < 4.78 is 5.34. The van der Waals surface area contributed by atoms with E-state index in [1.165, 1.54) is 5.69 Å². The number of hydrogen-bond acceptors (Lipinski definition) is 6. The third-order valence-corrected chi connectivity index (χ3v) is 5.21. The SMILES string of the molecule is COc1cccc(N2CCN(c3cncc(-c4cccc(C(C)=O)c4)n3)CC2)c1. The van der Waals surface area contributed by atoms with Gasteiger partial charge >= 0.3 is 0 Å². The molecular weight excluding hydrogens is 364 g/mol. The number of rotatable bonds is 5. The van der Waals surface area contributed by atoms with Crippen LogP contribution in [0, 0.1) is 0 Å². The monoisotopic (exact) mass is 388 g/mol. The topological polar surface area (TPSA) is 58.6 Å². The number of hydrogen-bond donors (Lipinski definition) is 0. The van der Waals surface area contributed by atoms with E-state index in [9.17, 15) is 4.79 Å². The van der Waals surface area contributed by atoms with Crippen LogP contribution in [0.4, 0.5) is 11.5 Å². The minimum atomic E-state index is 0.0460. The summed E-state index contributed by atoms with van der Waals surface area (Å²) in [5.74, 6) is 1.78. The van der Waals surface area contributed by atoms with Crippen LogP contribution in [0.15, 0.2) is 60.9 Å². The third kappa shape index (κ3) is 4.21. The molecule has 0 aliphatic carbocycles. The van der Waals surface area contributed by atoms with E-state index in [0.717, 1.165) is 49.0 Å². The molecule has 0 radical (unpaired) electrons. The zero-order valence-corrected chi connectivity index (χ0v) is 16.7. The van der Waals surface area contributed by atoms with Crippen molar-refractivity contribution in [3.05, 3.63) is 66.5 Å². The van der Waals surface area contributed by atoms with Crippen LogP contribution in [0.25, 0.3) is 11.3 Å². The average Bonchev–Trinajstić information content (AvgIpc) is 2.79. The Morgan fingerprint density at radius 3 is 2.48 bits per heavy atom. The van der Waals surface area contributed by atoms with E-state index >= 15 is 0 Å². The third-order valence-electron chi connectivity index (χ3n) is 5.21. The maximum Gasteiger partial charge on any atom is 0.159 e. The highest BCUT2D eigenvalue weighted by molar-refractivity contribution is 5.95. The number of ketones is 1. The van der Waals surface area contributed by atoms with Gasteiger partial charge in [-0.3, -0.25) is 9.78 Å². The summed E-state index contributed by atoms with van der Waals surface area (Å²) in [4.78, 5) is 25.5. The second kappa shape index (κ2) is 8.31. The van der Waals surface area contributed by atoms with Crippen molar-refractivity contribution in [2.45, 2.75) is 6.92 Å². The van der Waals surface area contributed by atoms with Crippen molar-refractivity contribution in [2.24, 2.45) is 0 Å². The molecular formula is C23H24N4O2. The van der Waals surface area contributed by atoms with Gasteiger partial charge in [-0.25, -0.2) is 4.98 Å². The molecule has 0 spiro atoms. The fourth-order valence-corrected chi connectivity index (χ4v) is 3.55. The quantitative estimate of drug-likeness (QED) is 0.622. The van der Waals surface area contributed by atoms with Gasteiger partial charge in [0.25, 0.3) is 0 Å². The lowest BCUT2D eigenvalue weighted by molar-refractivity contribution is 0.101. The maximum atomic E-state index is 11.7. The molecule has 3 aromatic rings. The second-order valence-electron chi connectivity index (χ2n) is 7.08. The molecule has 0 saturated carbocycles. The molecule has 2 heterocycles. The van der Waals surface area contributed by atoms with Gasteiger partial charge in [-0.15, -0.1) is 0 Å². The van der Waals surface area contributed by atoms with Gasteiger partial charge in [-0.2, -0.15) is 0 Å². The van der Waals surface area contributed by atoms with Crippen molar-refractivity contribution >= 4 is 17.3 Å². The Morgan fingerprint density at radius 1 is 0.966 bits per heavy atom. The molecule has 0 amide bonds. The fourth-order valence-electron chi connectivity index (χ4n) is 3.55. The number of methoxy groups -OCH3 is 1. The lowest BCUT2D eigenvalue weighted by atomic mass is 10.1. The Kier molecular flexibility index (Phi) is 5.42. The number of benzene rings is 2. The van der Waals surface area contributed by atoms with Gasteiger partial charge in [0.15, 0.2) is 5.78 Å². The summed E-state index contributed by atoms with van der Waals surface area (Å²) in [6, 6.07) is 15.7. The first-order valence-electron chi connectivity index (χ1n) is 9.71. The Morgan fingerprint density at radius 2 is 1.72 bits per heavy atom. The molecule has 29 heavy (non-hydrogen) atoms. The van der Waals surface area contributed by atoms with Crippen LogP contribution >= 0.6 is 0 Å². The van der Waals surface area contributed by atoms with Crippen molar-refractivity contribution in [2.75, 3.05) is 43.1 Å². The van der Waals surface area contributed by atoms with Gasteiger partial charge in [0, 0.05) is 49.1 Å². The predicted molar refractivity (Wildman–Crippen MR) is 115 cm³/mol. The Hall–Kier alpha value is -3.41. The molecule has 1 aromatic heterocycles. The first-order chi connectivity index (χ1) is 14.1. The van der Waals surface area contributed by atoms with Crippen LogP contribution in [0.2, 0.25) is 0 Å². The van der Waals surface area contributed by atoms with Gasteiger partial charge in [0.1, 0.15) is 11.6 Å². The van der Waals surface area contributed by atoms with E-state index in [0.29, 0.717) is 5.56 Å². The molecule has 0 atom stereocenters. The molecule has 6 heteroatoms. The van der Waals surface area contributed by atoms with E-state index in [1.54, 1.807) is 26.4 Å². The van der Waals surface area contributed by atoms with E-state index in [4.69, 9.17) is 9.72 Å². The molecule has 1 saturated heterocycles. The molecule has 1 aliphatic rings. The Labute approximate surface area is 170 Å². The van der Waals surface area contributed by atoms with Crippen molar-refractivity contribution in [1.29, 1.82) is 0 Å². The van der Waals surface area contributed by atoms with Crippen LogP contribution < -0.4 is 14.5 Å². The predicted octanol–water partition coefficient (Wildman–Crippen LogP) is 3.68. The first kappa shape index (κ1) is 18.9. The summed E-state index contributed by atoms with van der Waals surface area (Å²) >= 11 is 0.